The lowest BCUT2D eigenvalue weighted by Gasteiger charge is -2.10. The van der Waals surface area contributed by atoms with Crippen molar-refractivity contribution in [2.45, 2.75) is 26.3 Å². The summed E-state index contributed by atoms with van der Waals surface area (Å²) in [5.41, 5.74) is 2.00. The monoisotopic (exact) mass is 255 g/mol. The fourth-order valence-corrected chi connectivity index (χ4v) is 2.80. The summed E-state index contributed by atoms with van der Waals surface area (Å²) in [5.74, 6) is 2.65. The molecule has 0 radical (unpaired) electrons. The first-order valence-electron chi connectivity index (χ1n) is 5.69. The second-order valence-corrected chi connectivity index (χ2v) is 5.15. The zero-order valence-electron chi connectivity index (χ0n) is 10.1. The Morgan fingerprint density at radius 1 is 1.65 bits per heavy atom. The van der Waals surface area contributed by atoms with Gasteiger partial charge < -0.3 is 9.84 Å². The second-order valence-electron chi connectivity index (χ2n) is 4.12. The van der Waals surface area contributed by atoms with E-state index in [1.807, 2.05) is 13.8 Å². The lowest BCUT2D eigenvalue weighted by molar-refractivity contribution is -0.122. The molecule has 1 aromatic heterocycles. The highest BCUT2D eigenvalue weighted by molar-refractivity contribution is 7.99. The molecule has 1 saturated heterocycles. The molecule has 2 N–H and O–H groups in total. The molecule has 1 aliphatic rings. The summed E-state index contributed by atoms with van der Waals surface area (Å²) in [6.07, 6.45) is 0.771. The third-order valence-corrected chi connectivity index (χ3v) is 3.83. The summed E-state index contributed by atoms with van der Waals surface area (Å²) < 4.78 is 5.07. The van der Waals surface area contributed by atoms with E-state index in [1.165, 1.54) is 0 Å². The van der Waals surface area contributed by atoms with Crippen LogP contribution in [0.1, 0.15) is 17.0 Å². The van der Waals surface area contributed by atoms with E-state index in [9.17, 15) is 4.79 Å². The first kappa shape index (κ1) is 12.4. The number of carbonyl (C=O) groups is 1. The van der Waals surface area contributed by atoms with Crippen molar-refractivity contribution in [3.8, 4) is 0 Å². The van der Waals surface area contributed by atoms with Crippen LogP contribution < -0.4 is 10.6 Å². The third kappa shape index (κ3) is 3.01. The maximum Gasteiger partial charge on any atom is 0.238 e. The van der Waals surface area contributed by atoms with E-state index < -0.39 is 0 Å². The topological polar surface area (TPSA) is 67.2 Å². The molecule has 94 valence electrons. The highest BCUT2D eigenvalue weighted by Gasteiger charge is 2.22. The molecule has 17 heavy (non-hydrogen) atoms. The van der Waals surface area contributed by atoms with Crippen LogP contribution >= 0.6 is 11.8 Å². The van der Waals surface area contributed by atoms with Gasteiger partial charge in [-0.25, -0.2) is 0 Å². The molecule has 1 fully saturated rings. The summed E-state index contributed by atoms with van der Waals surface area (Å²) in [6.45, 7) is 4.44. The Hall–Kier alpha value is -1.01. The molecule has 1 amide bonds. The standard InChI is InChI=1S/C11H17N3O2S/c1-7-9(8(2)16-14-7)3-4-12-11(15)10-5-17-6-13-10/h10,13H,3-6H2,1-2H3,(H,12,15). The minimum atomic E-state index is -0.0373. The number of nitrogens with zero attached hydrogens (tertiary/aromatic N) is 1. The SMILES string of the molecule is Cc1noc(C)c1CCNC(=O)C1CSCN1. The molecule has 1 aliphatic heterocycles. The molecule has 1 aromatic rings. The predicted octanol–water partition coefficient (Wildman–Crippen LogP) is 0.613. The van der Waals surface area contributed by atoms with Gasteiger partial charge in [0.1, 0.15) is 5.76 Å². The number of thioether (sulfide) groups is 1. The Labute approximate surface area is 105 Å². The second kappa shape index (κ2) is 5.55. The van der Waals surface area contributed by atoms with Gasteiger partial charge in [0.15, 0.2) is 0 Å². The van der Waals surface area contributed by atoms with Gasteiger partial charge in [0, 0.05) is 23.7 Å². The molecule has 0 saturated carbocycles. The number of nitrogens with one attached hydrogen (secondary N) is 2. The Morgan fingerprint density at radius 2 is 2.47 bits per heavy atom. The van der Waals surface area contributed by atoms with E-state index in [2.05, 4.69) is 15.8 Å². The van der Waals surface area contributed by atoms with Crippen LogP contribution in [0.2, 0.25) is 0 Å². The zero-order valence-corrected chi connectivity index (χ0v) is 10.9. The van der Waals surface area contributed by atoms with Gasteiger partial charge in [-0.2, -0.15) is 0 Å². The van der Waals surface area contributed by atoms with Gasteiger partial charge >= 0.3 is 0 Å². The molecule has 0 bridgehead atoms. The Balaban J connectivity index is 1.77. The van der Waals surface area contributed by atoms with E-state index in [4.69, 9.17) is 4.52 Å². The summed E-state index contributed by atoms with van der Waals surface area (Å²) in [4.78, 5) is 11.7. The zero-order chi connectivity index (χ0) is 12.3. The maximum absolute atomic E-state index is 11.7. The minimum absolute atomic E-state index is 0.0373. The van der Waals surface area contributed by atoms with Crippen molar-refractivity contribution in [2.75, 3.05) is 18.2 Å². The number of aromatic nitrogens is 1. The largest absolute Gasteiger partial charge is 0.361 e. The Morgan fingerprint density at radius 3 is 3.06 bits per heavy atom. The van der Waals surface area contributed by atoms with Crippen LogP contribution in [0.5, 0.6) is 0 Å². The number of rotatable bonds is 4. The van der Waals surface area contributed by atoms with Crippen LogP contribution in [0, 0.1) is 13.8 Å². The number of hydrogen-bond acceptors (Lipinski definition) is 5. The highest BCUT2D eigenvalue weighted by Crippen LogP contribution is 2.12. The normalized spacial score (nSPS) is 19.5. The van der Waals surface area contributed by atoms with Gasteiger partial charge in [-0.1, -0.05) is 5.16 Å². The molecule has 0 aromatic carbocycles. The van der Waals surface area contributed by atoms with Crippen molar-refractivity contribution in [1.82, 2.24) is 15.8 Å². The van der Waals surface area contributed by atoms with Gasteiger partial charge in [0.05, 0.1) is 11.7 Å². The number of aryl methyl sites for hydroxylation is 2. The van der Waals surface area contributed by atoms with Crippen molar-refractivity contribution < 1.29 is 9.32 Å². The van der Waals surface area contributed by atoms with Crippen LogP contribution in [0.25, 0.3) is 0 Å². The molecule has 5 nitrogen and oxygen atoms in total. The molecule has 6 heteroatoms. The summed E-state index contributed by atoms with van der Waals surface area (Å²) >= 11 is 1.75. The van der Waals surface area contributed by atoms with Gasteiger partial charge in [-0.15, -0.1) is 11.8 Å². The number of hydrogen-bond donors (Lipinski definition) is 2. The predicted molar refractivity (Wildman–Crippen MR) is 66.9 cm³/mol. The number of carbonyl (C=O) groups excluding carboxylic acids is 1. The van der Waals surface area contributed by atoms with Crippen molar-refractivity contribution in [3.63, 3.8) is 0 Å². The Bertz CT molecular complexity index is 380. The molecular weight excluding hydrogens is 238 g/mol. The smallest absolute Gasteiger partial charge is 0.238 e. The lowest BCUT2D eigenvalue weighted by atomic mass is 10.1. The highest BCUT2D eigenvalue weighted by atomic mass is 32.2. The lowest BCUT2D eigenvalue weighted by Crippen LogP contribution is -2.42. The van der Waals surface area contributed by atoms with E-state index in [-0.39, 0.29) is 11.9 Å². The van der Waals surface area contributed by atoms with Crippen molar-refractivity contribution in [1.29, 1.82) is 0 Å². The van der Waals surface area contributed by atoms with Crippen molar-refractivity contribution >= 4 is 17.7 Å². The first-order chi connectivity index (χ1) is 8.18. The van der Waals surface area contributed by atoms with E-state index >= 15 is 0 Å². The van der Waals surface area contributed by atoms with Crippen molar-refractivity contribution in [2.24, 2.45) is 0 Å². The van der Waals surface area contributed by atoms with E-state index in [1.54, 1.807) is 11.8 Å². The third-order valence-electron chi connectivity index (χ3n) is 2.89. The van der Waals surface area contributed by atoms with Gasteiger partial charge in [-0.05, 0) is 20.3 Å². The molecule has 0 aliphatic carbocycles. The summed E-state index contributed by atoms with van der Waals surface area (Å²) in [5, 5.41) is 9.96. The van der Waals surface area contributed by atoms with Crippen LogP contribution in [-0.4, -0.2) is 35.3 Å². The van der Waals surface area contributed by atoms with E-state index in [0.717, 1.165) is 35.1 Å². The van der Waals surface area contributed by atoms with Crippen LogP contribution in [-0.2, 0) is 11.2 Å². The summed E-state index contributed by atoms with van der Waals surface area (Å²) in [7, 11) is 0. The quantitative estimate of drug-likeness (QED) is 0.825. The van der Waals surface area contributed by atoms with E-state index in [0.29, 0.717) is 6.54 Å². The van der Waals surface area contributed by atoms with Gasteiger partial charge in [-0.3, -0.25) is 10.1 Å². The fraction of sp³-hybridized carbons (Fsp3) is 0.636. The summed E-state index contributed by atoms with van der Waals surface area (Å²) in [6, 6.07) is -0.0373. The Kier molecular flexibility index (Phi) is 4.06. The van der Waals surface area contributed by atoms with Gasteiger partial charge in [0.25, 0.3) is 0 Å². The molecule has 2 rings (SSSR count). The van der Waals surface area contributed by atoms with Crippen LogP contribution in [0.15, 0.2) is 4.52 Å². The van der Waals surface area contributed by atoms with Crippen LogP contribution in [0.3, 0.4) is 0 Å². The minimum Gasteiger partial charge on any atom is -0.361 e. The van der Waals surface area contributed by atoms with Crippen molar-refractivity contribution in [3.05, 3.63) is 17.0 Å². The number of amides is 1. The molecule has 1 unspecified atom stereocenters. The molecular formula is C11H17N3O2S. The molecule has 1 atom stereocenters. The van der Waals surface area contributed by atoms with Crippen LogP contribution in [0.4, 0.5) is 0 Å². The molecule has 0 spiro atoms. The molecule has 2 heterocycles. The van der Waals surface area contributed by atoms with Gasteiger partial charge in [0.2, 0.25) is 5.91 Å². The maximum atomic E-state index is 11.7. The first-order valence-corrected chi connectivity index (χ1v) is 6.84. The average Bonchev–Trinajstić information content (AvgIpc) is 2.93. The average molecular weight is 255 g/mol. The fourth-order valence-electron chi connectivity index (χ4n) is 1.86.